The van der Waals surface area contributed by atoms with Crippen molar-refractivity contribution >= 4 is 22.5 Å². The maximum atomic E-state index is 6.23. The van der Waals surface area contributed by atoms with Crippen LogP contribution in [-0.2, 0) is 4.74 Å². The molecule has 0 saturated heterocycles. The van der Waals surface area contributed by atoms with Gasteiger partial charge in [0.15, 0.2) is 0 Å². The third-order valence-corrected chi connectivity index (χ3v) is 4.36. The molecule has 1 aromatic heterocycles. The van der Waals surface area contributed by atoms with Crippen LogP contribution in [0.15, 0.2) is 30.5 Å². The number of hydrogen-bond donors (Lipinski definition) is 0. The fourth-order valence-corrected chi connectivity index (χ4v) is 3.29. The summed E-state index contributed by atoms with van der Waals surface area (Å²) in [5, 5.41) is 1.99. The normalized spacial score (nSPS) is 24.6. The highest BCUT2D eigenvalue weighted by atomic mass is 35.5. The average molecular weight is 264 g/mol. The standard InChI is InChI=1S/C15H18ClNO/c1-18-12-5-2-4-11(10-12)17-9-8-13-14(16)6-3-7-15(13)17/h3,6-9,11-12H,2,4-5,10H2,1H3. The van der Waals surface area contributed by atoms with E-state index in [0.717, 1.165) is 16.8 Å². The van der Waals surface area contributed by atoms with Crippen LogP contribution in [0.5, 0.6) is 0 Å². The fraction of sp³-hybridized carbons (Fsp3) is 0.467. The first-order valence-electron chi connectivity index (χ1n) is 6.57. The van der Waals surface area contributed by atoms with Crippen LogP contribution in [0.4, 0.5) is 0 Å². The van der Waals surface area contributed by atoms with Gasteiger partial charge in [-0.15, -0.1) is 0 Å². The molecular formula is C15H18ClNO. The second-order valence-electron chi connectivity index (χ2n) is 5.07. The number of hydrogen-bond acceptors (Lipinski definition) is 1. The molecular weight excluding hydrogens is 246 g/mol. The Labute approximate surface area is 112 Å². The quantitative estimate of drug-likeness (QED) is 0.782. The van der Waals surface area contributed by atoms with Crippen LogP contribution in [-0.4, -0.2) is 17.8 Å². The minimum absolute atomic E-state index is 0.403. The topological polar surface area (TPSA) is 14.2 Å². The van der Waals surface area contributed by atoms with Crippen LogP contribution < -0.4 is 0 Å². The molecule has 3 rings (SSSR count). The number of halogens is 1. The van der Waals surface area contributed by atoms with Crippen LogP contribution in [0, 0.1) is 0 Å². The van der Waals surface area contributed by atoms with Crippen LogP contribution in [0.25, 0.3) is 10.9 Å². The Balaban J connectivity index is 1.96. The van der Waals surface area contributed by atoms with Crippen molar-refractivity contribution in [3.8, 4) is 0 Å². The van der Waals surface area contributed by atoms with Gasteiger partial charge in [-0.25, -0.2) is 0 Å². The molecule has 1 aromatic carbocycles. The lowest BCUT2D eigenvalue weighted by Crippen LogP contribution is -2.23. The Morgan fingerprint density at radius 3 is 3.00 bits per heavy atom. The van der Waals surface area contributed by atoms with E-state index in [1.165, 1.54) is 24.8 Å². The molecule has 2 atom stereocenters. The summed E-state index contributed by atoms with van der Waals surface area (Å²) in [5.41, 5.74) is 1.24. The van der Waals surface area contributed by atoms with E-state index >= 15 is 0 Å². The number of ether oxygens (including phenoxy) is 1. The summed E-state index contributed by atoms with van der Waals surface area (Å²) in [6.45, 7) is 0. The van der Waals surface area contributed by atoms with Gasteiger partial charge in [0.1, 0.15) is 0 Å². The predicted molar refractivity (Wildman–Crippen MR) is 75.3 cm³/mol. The lowest BCUT2D eigenvalue weighted by molar-refractivity contribution is 0.0538. The highest BCUT2D eigenvalue weighted by molar-refractivity contribution is 6.35. The highest BCUT2D eigenvalue weighted by Crippen LogP contribution is 2.34. The zero-order valence-electron chi connectivity index (χ0n) is 10.6. The number of nitrogens with zero attached hydrogens (tertiary/aromatic N) is 1. The first-order valence-corrected chi connectivity index (χ1v) is 6.95. The second-order valence-corrected chi connectivity index (χ2v) is 5.48. The fourth-order valence-electron chi connectivity index (χ4n) is 3.06. The molecule has 1 heterocycles. The monoisotopic (exact) mass is 263 g/mol. The molecule has 0 N–H and O–H groups in total. The summed E-state index contributed by atoms with van der Waals surface area (Å²) in [6, 6.07) is 8.79. The molecule has 0 radical (unpaired) electrons. The predicted octanol–water partition coefficient (Wildman–Crippen LogP) is 4.42. The van der Waals surface area contributed by atoms with Gasteiger partial charge >= 0.3 is 0 Å². The van der Waals surface area contributed by atoms with Gasteiger partial charge in [0.05, 0.1) is 6.10 Å². The van der Waals surface area contributed by atoms with Gasteiger partial charge in [-0.05, 0) is 43.9 Å². The molecule has 0 amide bonds. The first kappa shape index (κ1) is 12.1. The van der Waals surface area contributed by atoms with E-state index in [4.69, 9.17) is 16.3 Å². The van der Waals surface area contributed by atoms with Crippen molar-refractivity contribution in [1.82, 2.24) is 4.57 Å². The van der Waals surface area contributed by atoms with Crippen LogP contribution in [0.1, 0.15) is 31.7 Å². The number of benzene rings is 1. The van der Waals surface area contributed by atoms with Gasteiger partial charge in [-0.1, -0.05) is 17.7 Å². The summed E-state index contributed by atoms with van der Waals surface area (Å²) in [4.78, 5) is 0. The Hall–Kier alpha value is -0.990. The van der Waals surface area contributed by atoms with Gasteiger partial charge in [0.25, 0.3) is 0 Å². The van der Waals surface area contributed by atoms with Crippen LogP contribution in [0.3, 0.4) is 0 Å². The molecule has 2 unspecified atom stereocenters. The largest absolute Gasteiger partial charge is 0.381 e. The SMILES string of the molecule is COC1CCCC(n2ccc3c(Cl)cccc32)C1. The van der Waals surface area contributed by atoms with Crippen molar-refractivity contribution in [2.24, 2.45) is 0 Å². The van der Waals surface area contributed by atoms with E-state index in [1.807, 2.05) is 19.2 Å². The highest BCUT2D eigenvalue weighted by Gasteiger charge is 2.23. The molecule has 1 fully saturated rings. The van der Waals surface area contributed by atoms with E-state index in [1.54, 1.807) is 0 Å². The summed E-state index contributed by atoms with van der Waals surface area (Å²) in [7, 11) is 1.82. The Morgan fingerprint density at radius 1 is 1.28 bits per heavy atom. The maximum absolute atomic E-state index is 6.23. The zero-order chi connectivity index (χ0) is 12.5. The molecule has 1 saturated carbocycles. The molecule has 18 heavy (non-hydrogen) atoms. The van der Waals surface area contributed by atoms with Gasteiger partial charge in [-0.3, -0.25) is 0 Å². The summed E-state index contributed by atoms with van der Waals surface area (Å²) < 4.78 is 7.88. The molecule has 1 aliphatic rings. The third kappa shape index (κ3) is 2.04. The Bertz CT molecular complexity index is 548. The van der Waals surface area contributed by atoms with E-state index < -0.39 is 0 Å². The first-order chi connectivity index (χ1) is 8.79. The number of fused-ring (bicyclic) bond motifs is 1. The van der Waals surface area contributed by atoms with Crippen LogP contribution >= 0.6 is 11.6 Å². The maximum Gasteiger partial charge on any atom is 0.0591 e. The van der Waals surface area contributed by atoms with Gasteiger partial charge in [0.2, 0.25) is 0 Å². The van der Waals surface area contributed by atoms with E-state index in [9.17, 15) is 0 Å². The van der Waals surface area contributed by atoms with Crippen molar-refractivity contribution in [3.63, 3.8) is 0 Å². The molecule has 3 heteroatoms. The smallest absolute Gasteiger partial charge is 0.0591 e. The minimum Gasteiger partial charge on any atom is -0.381 e. The van der Waals surface area contributed by atoms with Gasteiger partial charge in [0, 0.05) is 35.3 Å². The Kier molecular flexibility index (Phi) is 3.31. The summed E-state index contributed by atoms with van der Waals surface area (Å²) in [5.74, 6) is 0. The van der Waals surface area contributed by atoms with E-state index in [2.05, 4.69) is 22.9 Å². The average Bonchev–Trinajstić information content (AvgIpc) is 2.84. The molecule has 0 aliphatic heterocycles. The van der Waals surface area contributed by atoms with E-state index in [-0.39, 0.29) is 0 Å². The summed E-state index contributed by atoms with van der Waals surface area (Å²) >= 11 is 6.23. The van der Waals surface area contributed by atoms with Crippen LogP contribution in [0.2, 0.25) is 5.02 Å². The van der Waals surface area contributed by atoms with Crippen molar-refractivity contribution in [2.45, 2.75) is 37.8 Å². The lowest BCUT2D eigenvalue weighted by Gasteiger charge is -2.29. The number of aromatic nitrogens is 1. The van der Waals surface area contributed by atoms with Crippen molar-refractivity contribution < 1.29 is 4.74 Å². The molecule has 2 aromatic rings. The molecule has 1 aliphatic carbocycles. The van der Waals surface area contributed by atoms with Crippen molar-refractivity contribution in [1.29, 1.82) is 0 Å². The molecule has 2 nitrogen and oxygen atoms in total. The van der Waals surface area contributed by atoms with E-state index in [0.29, 0.717) is 12.1 Å². The number of rotatable bonds is 2. The molecule has 0 bridgehead atoms. The Morgan fingerprint density at radius 2 is 2.17 bits per heavy atom. The second kappa shape index (κ2) is 4.94. The third-order valence-electron chi connectivity index (χ3n) is 4.04. The van der Waals surface area contributed by atoms with Gasteiger partial charge < -0.3 is 9.30 Å². The van der Waals surface area contributed by atoms with Crippen molar-refractivity contribution in [3.05, 3.63) is 35.5 Å². The zero-order valence-corrected chi connectivity index (χ0v) is 11.4. The number of methoxy groups -OCH3 is 1. The molecule has 96 valence electrons. The molecule has 0 spiro atoms. The van der Waals surface area contributed by atoms with Crippen molar-refractivity contribution in [2.75, 3.05) is 7.11 Å². The lowest BCUT2D eigenvalue weighted by atomic mass is 9.92. The minimum atomic E-state index is 0.403. The summed E-state index contributed by atoms with van der Waals surface area (Å²) in [6.07, 6.45) is 7.33. The van der Waals surface area contributed by atoms with Gasteiger partial charge in [-0.2, -0.15) is 0 Å².